The molecule has 4 unspecified atom stereocenters. The van der Waals surface area contributed by atoms with E-state index in [1.54, 1.807) is 11.1 Å². The zero-order valence-electron chi connectivity index (χ0n) is 17.2. The molecule has 0 spiro atoms. The molecule has 1 aromatic rings. The van der Waals surface area contributed by atoms with Crippen LogP contribution >= 0.6 is 0 Å². The van der Waals surface area contributed by atoms with Crippen molar-refractivity contribution in [3.05, 3.63) is 78.4 Å². The van der Waals surface area contributed by atoms with Crippen LogP contribution in [0.3, 0.4) is 0 Å². The van der Waals surface area contributed by atoms with E-state index in [1.165, 1.54) is 50.5 Å². The molecule has 0 heteroatoms. The standard InChI is InChI=1S/C28H34/c1-2-3-11-22-20-27(25-17-8-7-16-24(22)25)28(23-14-5-6-15-23)19-10-13-21-12-4-9-18-26(21)28/h2,5-8,14-17,20-21,23,26-27H,1,3-4,9-13,18-19H2. The van der Waals surface area contributed by atoms with Crippen molar-refractivity contribution < 1.29 is 0 Å². The summed E-state index contributed by atoms with van der Waals surface area (Å²) in [5.41, 5.74) is 5.08. The van der Waals surface area contributed by atoms with Gasteiger partial charge in [-0.15, -0.1) is 6.58 Å². The van der Waals surface area contributed by atoms with Gasteiger partial charge in [-0.1, -0.05) is 92.8 Å². The van der Waals surface area contributed by atoms with Crippen molar-refractivity contribution in [1.82, 2.24) is 0 Å². The third-order valence-electron chi connectivity index (χ3n) is 8.36. The predicted octanol–water partition coefficient (Wildman–Crippen LogP) is 7.85. The second kappa shape index (κ2) is 7.54. The molecule has 5 rings (SSSR count). The van der Waals surface area contributed by atoms with Crippen LogP contribution in [0.1, 0.15) is 74.8 Å². The molecule has 1 aromatic carbocycles. The third kappa shape index (κ3) is 2.79. The minimum Gasteiger partial charge on any atom is -0.103 e. The lowest BCUT2D eigenvalue weighted by atomic mass is 9.48. The summed E-state index contributed by atoms with van der Waals surface area (Å²) in [6.45, 7) is 3.97. The lowest BCUT2D eigenvalue weighted by Crippen LogP contribution is -2.48. The number of benzene rings is 1. The Morgan fingerprint density at radius 1 is 1.00 bits per heavy atom. The normalized spacial score (nSPS) is 34.1. The van der Waals surface area contributed by atoms with Crippen LogP contribution in [0.25, 0.3) is 5.57 Å². The van der Waals surface area contributed by atoms with Crippen LogP contribution in [0, 0.1) is 23.2 Å². The van der Waals surface area contributed by atoms with Crippen LogP contribution in [0.4, 0.5) is 0 Å². The number of fused-ring (bicyclic) bond motifs is 2. The molecule has 4 aliphatic rings. The van der Waals surface area contributed by atoms with Crippen molar-refractivity contribution >= 4 is 5.57 Å². The first-order valence-corrected chi connectivity index (χ1v) is 11.6. The van der Waals surface area contributed by atoms with E-state index in [2.05, 4.69) is 67.3 Å². The molecule has 28 heavy (non-hydrogen) atoms. The minimum atomic E-state index is 0.374. The summed E-state index contributed by atoms with van der Waals surface area (Å²) in [5.74, 6) is 3.00. The molecular weight excluding hydrogens is 336 g/mol. The zero-order valence-corrected chi connectivity index (χ0v) is 17.2. The Morgan fingerprint density at radius 2 is 1.79 bits per heavy atom. The molecule has 4 aliphatic carbocycles. The highest BCUT2D eigenvalue weighted by Crippen LogP contribution is 2.64. The maximum absolute atomic E-state index is 3.97. The number of hydrogen-bond acceptors (Lipinski definition) is 0. The van der Waals surface area contributed by atoms with Crippen LogP contribution in [-0.2, 0) is 0 Å². The fraction of sp³-hybridized carbons (Fsp3) is 0.500. The average Bonchev–Trinajstić information content (AvgIpc) is 3.41. The number of allylic oxidation sites excluding steroid dienone is 7. The topological polar surface area (TPSA) is 0 Å². The Labute approximate surface area is 171 Å². The fourth-order valence-corrected chi connectivity index (χ4v) is 7.28. The summed E-state index contributed by atoms with van der Waals surface area (Å²) in [6.07, 6.45) is 26.7. The molecule has 0 N–H and O–H groups in total. The Hall–Kier alpha value is -1.82. The van der Waals surface area contributed by atoms with Gasteiger partial charge in [0.2, 0.25) is 0 Å². The van der Waals surface area contributed by atoms with Gasteiger partial charge in [-0.05, 0) is 59.6 Å². The fourth-order valence-electron chi connectivity index (χ4n) is 7.28. The smallest absolute Gasteiger partial charge is 0.00979 e. The lowest BCUT2D eigenvalue weighted by molar-refractivity contribution is -0.0194. The molecule has 0 heterocycles. The van der Waals surface area contributed by atoms with Gasteiger partial charge in [0, 0.05) is 11.8 Å². The first-order chi connectivity index (χ1) is 13.8. The maximum Gasteiger partial charge on any atom is 0.00979 e. The third-order valence-corrected chi connectivity index (χ3v) is 8.36. The van der Waals surface area contributed by atoms with Gasteiger partial charge < -0.3 is 0 Å². The van der Waals surface area contributed by atoms with Gasteiger partial charge in [-0.25, -0.2) is 0 Å². The highest BCUT2D eigenvalue weighted by Gasteiger charge is 2.54. The molecule has 0 saturated heterocycles. The van der Waals surface area contributed by atoms with Crippen LogP contribution in [0.5, 0.6) is 0 Å². The summed E-state index contributed by atoms with van der Waals surface area (Å²) in [5, 5.41) is 0. The largest absolute Gasteiger partial charge is 0.103 e. The van der Waals surface area contributed by atoms with Gasteiger partial charge in [-0.3, -0.25) is 0 Å². The van der Waals surface area contributed by atoms with E-state index in [0.29, 0.717) is 17.3 Å². The highest BCUT2D eigenvalue weighted by atomic mass is 14.6. The van der Waals surface area contributed by atoms with E-state index < -0.39 is 0 Å². The molecule has 0 aromatic heterocycles. The second-order valence-electron chi connectivity index (χ2n) is 9.54. The molecule has 2 fully saturated rings. The number of rotatable bonds is 5. The summed E-state index contributed by atoms with van der Waals surface area (Å²) >= 11 is 0. The second-order valence-corrected chi connectivity index (χ2v) is 9.54. The lowest BCUT2D eigenvalue weighted by Gasteiger charge is -2.56. The van der Waals surface area contributed by atoms with Gasteiger partial charge >= 0.3 is 0 Å². The summed E-state index contributed by atoms with van der Waals surface area (Å²) < 4.78 is 0. The van der Waals surface area contributed by atoms with E-state index in [-0.39, 0.29) is 0 Å². The van der Waals surface area contributed by atoms with Crippen molar-refractivity contribution in [2.45, 2.75) is 63.7 Å². The molecular formula is C28H34. The van der Waals surface area contributed by atoms with Gasteiger partial charge in [0.25, 0.3) is 0 Å². The summed E-state index contributed by atoms with van der Waals surface area (Å²) in [4.78, 5) is 0. The molecule has 0 aliphatic heterocycles. The Kier molecular flexibility index (Phi) is 4.91. The molecule has 0 amide bonds. The van der Waals surface area contributed by atoms with Gasteiger partial charge in [0.05, 0.1) is 0 Å². The quantitative estimate of drug-likeness (QED) is 0.463. The van der Waals surface area contributed by atoms with Gasteiger partial charge in [0.1, 0.15) is 0 Å². The molecule has 0 nitrogen and oxygen atoms in total. The monoisotopic (exact) mass is 370 g/mol. The van der Waals surface area contributed by atoms with Gasteiger partial charge in [0.15, 0.2) is 0 Å². The Morgan fingerprint density at radius 3 is 2.64 bits per heavy atom. The van der Waals surface area contributed by atoms with Crippen molar-refractivity contribution in [2.75, 3.05) is 0 Å². The van der Waals surface area contributed by atoms with E-state index in [1.807, 2.05) is 0 Å². The zero-order chi connectivity index (χ0) is 19.0. The van der Waals surface area contributed by atoms with Crippen LogP contribution in [0.15, 0.2) is 67.3 Å². The first-order valence-electron chi connectivity index (χ1n) is 11.6. The van der Waals surface area contributed by atoms with Crippen molar-refractivity contribution in [2.24, 2.45) is 23.2 Å². The molecule has 4 atom stereocenters. The van der Waals surface area contributed by atoms with Crippen LogP contribution in [0.2, 0.25) is 0 Å². The van der Waals surface area contributed by atoms with E-state index in [0.717, 1.165) is 24.7 Å². The van der Waals surface area contributed by atoms with E-state index in [4.69, 9.17) is 0 Å². The Bertz CT molecular complexity index is 808. The summed E-state index contributed by atoms with van der Waals surface area (Å²) in [7, 11) is 0. The van der Waals surface area contributed by atoms with Crippen LogP contribution in [-0.4, -0.2) is 0 Å². The first kappa shape index (κ1) is 18.2. The van der Waals surface area contributed by atoms with Gasteiger partial charge in [-0.2, -0.15) is 0 Å². The molecule has 0 bridgehead atoms. The maximum atomic E-state index is 3.97. The molecule has 0 radical (unpaired) electrons. The van der Waals surface area contributed by atoms with Crippen molar-refractivity contribution in [3.8, 4) is 0 Å². The van der Waals surface area contributed by atoms with E-state index in [9.17, 15) is 0 Å². The molecule has 2 saturated carbocycles. The minimum absolute atomic E-state index is 0.374. The number of hydrogen-bond donors (Lipinski definition) is 0. The van der Waals surface area contributed by atoms with Crippen molar-refractivity contribution in [1.29, 1.82) is 0 Å². The highest BCUT2D eigenvalue weighted by molar-refractivity contribution is 5.75. The van der Waals surface area contributed by atoms with Crippen LogP contribution < -0.4 is 0 Å². The molecule has 146 valence electrons. The van der Waals surface area contributed by atoms with Crippen molar-refractivity contribution in [3.63, 3.8) is 0 Å². The summed E-state index contributed by atoms with van der Waals surface area (Å²) in [6, 6.07) is 9.31. The predicted molar refractivity (Wildman–Crippen MR) is 120 cm³/mol. The Balaban J connectivity index is 1.63. The average molecular weight is 371 g/mol. The van der Waals surface area contributed by atoms with E-state index >= 15 is 0 Å². The SMILES string of the molecule is C=CCCC1=CC(C2(C3C=CC=C3)CCCC3CCCCC32)c2ccccc21.